The third kappa shape index (κ3) is 3.19. The van der Waals surface area contributed by atoms with E-state index in [1.807, 2.05) is 0 Å². The van der Waals surface area contributed by atoms with E-state index in [9.17, 15) is 14.7 Å². The monoisotopic (exact) mass is 279 g/mol. The summed E-state index contributed by atoms with van der Waals surface area (Å²) in [6.07, 6.45) is 6.06. The Bertz CT molecular complexity index is 516. The zero-order valence-electron chi connectivity index (χ0n) is 11.7. The molecule has 110 valence electrons. The summed E-state index contributed by atoms with van der Waals surface area (Å²) in [7, 11) is 1.68. The van der Waals surface area contributed by atoms with Crippen LogP contribution in [0, 0.1) is 0 Å². The van der Waals surface area contributed by atoms with Crippen molar-refractivity contribution >= 4 is 11.8 Å². The van der Waals surface area contributed by atoms with Crippen molar-refractivity contribution in [1.82, 2.24) is 9.88 Å². The van der Waals surface area contributed by atoms with Gasteiger partial charge in [-0.1, -0.05) is 19.3 Å². The van der Waals surface area contributed by atoms with E-state index in [1.165, 1.54) is 12.3 Å². The average Bonchev–Trinajstić information content (AvgIpc) is 2.79. The molecule has 2 rings (SSSR count). The molecule has 0 saturated heterocycles. The first-order valence-corrected chi connectivity index (χ1v) is 6.88. The van der Waals surface area contributed by atoms with Crippen molar-refractivity contribution in [2.45, 2.75) is 37.7 Å². The molecule has 0 aromatic carbocycles. The van der Waals surface area contributed by atoms with Crippen LogP contribution in [0.25, 0.3) is 0 Å². The van der Waals surface area contributed by atoms with Gasteiger partial charge in [0, 0.05) is 19.8 Å². The van der Waals surface area contributed by atoms with E-state index in [1.54, 1.807) is 11.6 Å². The summed E-state index contributed by atoms with van der Waals surface area (Å²) in [6.45, 7) is 0.239. The molecular formula is C14H21N3O3. The molecule has 0 unspecified atom stereocenters. The molecule has 20 heavy (non-hydrogen) atoms. The van der Waals surface area contributed by atoms with E-state index in [2.05, 4.69) is 5.32 Å². The van der Waals surface area contributed by atoms with Crippen molar-refractivity contribution in [2.75, 3.05) is 6.54 Å². The number of carbonyl (C=O) groups excluding carboxylic acids is 2. The summed E-state index contributed by atoms with van der Waals surface area (Å²) >= 11 is 0. The lowest BCUT2D eigenvalue weighted by Crippen LogP contribution is -2.44. The second-order valence-electron chi connectivity index (χ2n) is 5.56. The maximum Gasteiger partial charge on any atom is 0.268 e. The van der Waals surface area contributed by atoms with Gasteiger partial charge in [0.05, 0.1) is 11.2 Å². The minimum absolute atomic E-state index is 0.239. The van der Waals surface area contributed by atoms with Crippen LogP contribution in [0.3, 0.4) is 0 Å². The van der Waals surface area contributed by atoms with E-state index >= 15 is 0 Å². The topological polar surface area (TPSA) is 97.4 Å². The van der Waals surface area contributed by atoms with Crippen LogP contribution >= 0.6 is 0 Å². The van der Waals surface area contributed by atoms with Crippen LogP contribution in [0.1, 0.15) is 53.0 Å². The first-order valence-electron chi connectivity index (χ1n) is 6.88. The maximum atomic E-state index is 12.1. The van der Waals surface area contributed by atoms with Gasteiger partial charge in [0.1, 0.15) is 5.69 Å². The molecule has 0 spiro atoms. The zero-order chi connectivity index (χ0) is 14.8. The number of rotatable bonds is 4. The fourth-order valence-corrected chi connectivity index (χ4v) is 2.65. The molecule has 4 N–H and O–H groups in total. The quantitative estimate of drug-likeness (QED) is 0.750. The predicted molar refractivity (Wildman–Crippen MR) is 74.3 cm³/mol. The molecule has 2 amide bonds. The van der Waals surface area contributed by atoms with Crippen LogP contribution < -0.4 is 11.1 Å². The van der Waals surface area contributed by atoms with Crippen molar-refractivity contribution < 1.29 is 14.7 Å². The Morgan fingerprint density at radius 1 is 1.40 bits per heavy atom. The van der Waals surface area contributed by atoms with Crippen molar-refractivity contribution in [1.29, 1.82) is 0 Å². The molecule has 1 aliphatic carbocycles. The highest BCUT2D eigenvalue weighted by Crippen LogP contribution is 2.27. The number of primary amides is 1. The number of hydrogen-bond donors (Lipinski definition) is 3. The Labute approximate surface area is 118 Å². The molecular weight excluding hydrogens is 258 g/mol. The minimum Gasteiger partial charge on any atom is -0.388 e. The van der Waals surface area contributed by atoms with Crippen molar-refractivity contribution in [3.05, 3.63) is 23.5 Å². The highest BCUT2D eigenvalue weighted by atomic mass is 16.3. The number of nitrogens with one attached hydrogen (secondary N) is 1. The minimum atomic E-state index is -0.800. The fraction of sp³-hybridized carbons (Fsp3) is 0.571. The van der Waals surface area contributed by atoms with Gasteiger partial charge in [0.15, 0.2) is 0 Å². The van der Waals surface area contributed by atoms with Crippen molar-refractivity contribution in [3.63, 3.8) is 0 Å². The van der Waals surface area contributed by atoms with E-state index in [-0.39, 0.29) is 12.5 Å². The van der Waals surface area contributed by atoms with E-state index in [0.29, 0.717) is 24.1 Å². The first-order chi connectivity index (χ1) is 9.41. The Kier molecular flexibility index (Phi) is 4.13. The number of carbonyl (C=O) groups is 2. The SMILES string of the molecule is Cn1cc(C(N)=O)cc1C(=O)NCC1(O)CCCCC1. The van der Waals surface area contributed by atoms with E-state index in [4.69, 9.17) is 5.73 Å². The second-order valence-corrected chi connectivity index (χ2v) is 5.56. The van der Waals surface area contributed by atoms with Gasteiger partial charge in [-0.05, 0) is 18.9 Å². The Morgan fingerprint density at radius 2 is 2.05 bits per heavy atom. The Morgan fingerprint density at radius 3 is 2.60 bits per heavy atom. The molecule has 1 heterocycles. The van der Waals surface area contributed by atoms with Crippen LogP contribution in [0.5, 0.6) is 0 Å². The number of nitrogens with two attached hydrogens (primary N) is 1. The summed E-state index contributed by atoms with van der Waals surface area (Å²) in [4.78, 5) is 23.2. The predicted octanol–water partition coefficient (Wildman–Crippen LogP) is 0.549. The van der Waals surface area contributed by atoms with Gasteiger partial charge in [-0.15, -0.1) is 0 Å². The van der Waals surface area contributed by atoms with Gasteiger partial charge in [-0.25, -0.2) is 0 Å². The van der Waals surface area contributed by atoms with Crippen LogP contribution in [0.2, 0.25) is 0 Å². The summed E-state index contributed by atoms with van der Waals surface area (Å²) in [6, 6.07) is 1.46. The average molecular weight is 279 g/mol. The number of amides is 2. The Hall–Kier alpha value is -1.82. The zero-order valence-corrected chi connectivity index (χ0v) is 11.7. The molecule has 6 heteroatoms. The van der Waals surface area contributed by atoms with E-state index < -0.39 is 11.5 Å². The number of aryl methyl sites for hydroxylation is 1. The highest BCUT2D eigenvalue weighted by Gasteiger charge is 2.29. The van der Waals surface area contributed by atoms with Crippen molar-refractivity contribution in [2.24, 2.45) is 12.8 Å². The molecule has 0 radical (unpaired) electrons. The summed E-state index contributed by atoms with van der Waals surface area (Å²) in [5, 5.41) is 13.1. The lowest BCUT2D eigenvalue weighted by molar-refractivity contribution is 0.00518. The molecule has 1 aromatic heterocycles. The summed E-state index contributed by atoms with van der Waals surface area (Å²) in [5.41, 5.74) is 5.04. The summed E-state index contributed by atoms with van der Waals surface area (Å²) in [5.74, 6) is -0.871. The van der Waals surface area contributed by atoms with Gasteiger partial charge < -0.3 is 20.7 Å². The highest BCUT2D eigenvalue weighted by molar-refractivity contribution is 5.98. The fourth-order valence-electron chi connectivity index (χ4n) is 2.65. The third-order valence-corrected chi connectivity index (χ3v) is 3.88. The maximum absolute atomic E-state index is 12.1. The van der Waals surface area contributed by atoms with Crippen LogP contribution in [0.15, 0.2) is 12.3 Å². The standard InChI is InChI=1S/C14H21N3O3/c1-17-8-10(12(15)18)7-11(17)13(19)16-9-14(20)5-3-2-4-6-14/h7-8,20H,2-6,9H2,1H3,(H2,15,18)(H,16,19). The van der Waals surface area contributed by atoms with Crippen LogP contribution in [0.4, 0.5) is 0 Å². The number of hydrogen-bond acceptors (Lipinski definition) is 3. The smallest absolute Gasteiger partial charge is 0.268 e. The molecule has 1 aliphatic rings. The molecule has 6 nitrogen and oxygen atoms in total. The lowest BCUT2D eigenvalue weighted by atomic mass is 9.85. The molecule has 1 saturated carbocycles. The second kappa shape index (κ2) is 5.66. The molecule has 0 aliphatic heterocycles. The Balaban J connectivity index is 1.99. The van der Waals surface area contributed by atoms with Gasteiger partial charge in [-0.2, -0.15) is 0 Å². The van der Waals surface area contributed by atoms with Gasteiger partial charge in [0.25, 0.3) is 5.91 Å². The molecule has 0 bridgehead atoms. The van der Waals surface area contributed by atoms with Gasteiger partial charge in [-0.3, -0.25) is 9.59 Å². The van der Waals surface area contributed by atoms with Crippen molar-refractivity contribution in [3.8, 4) is 0 Å². The van der Waals surface area contributed by atoms with Crippen LogP contribution in [-0.4, -0.2) is 33.6 Å². The lowest BCUT2D eigenvalue weighted by Gasteiger charge is -2.32. The number of aromatic nitrogens is 1. The van der Waals surface area contributed by atoms with E-state index in [0.717, 1.165) is 19.3 Å². The largest absolute Gasteiger partial charge is 0.388 e. The number of aliphatic hydroxyl groups is 1. The first kappa shape index (κ1) is 14.6. The van der Waals surface area contributed by atoms with Crippen LogP contribution in [-0.2, 0) is 7.05 Å². The third-order valence-electron chi connectivity index (χ3n) is 3.88. The molecule has 1 aromatic rings. The van der Waals surface area contributed by atoms with Gasteiger partial charge in [0.2, 0.25) is 5.91 Å². The normalized spacial score (nSPS) is 17.7. The number of nitrogens with zero attached hydrogens (tertiary/aromatic N) is 1. The molecule has 1 fully saturated rings. The van der Waals surface area contributed by atoms with Gasteiger partial charge >= 0.3 is 0 Å². The summed E-state index contributed by atoms with van der Waals surface area (Å²) < 4.78 is 1.56. The molecule has 0 atom stereocenters.